The first-order valence-electron chi connectivity index (χ1n) is 14.9. The maximum absolute atomic E-state index is 11.6. The van der Waals surface area contributed by atoms with Gasteiger partial charge in [-0.15, -0.1) is 0 Å². The molecule has 2 N–H and O–H groups in total. The van der Waals surface area contributed by atoms with Crippen LogP contribution in [0.15, 0.2) is 42.0 Å². The Morgan fingerprint density at radius 2 is 1.95 bits per heavy atom. The van der Waals surface area contributed by atoms with Crippen molar-refractivity contribution in [3.05, 3.63) is 53.2 Å². The Kier molecular flexibility index (Phi) is 6.68. The van der Waals surface area contributed by atoms with Crippen molar-refractivity contribution in [3.63, 3.8) is 0 Å². The van der Waals surface area contributed by atoms with E-state index in [0.717, 1.165) is 54.7 Å². The zero-order valence-electron chi connectivity index (χ0n) is 24.2. The highest BCUT2D eigenvalue weighted by molar-refractivity contribution is 5.76. The van der Waals surface area contributed by atoms with Gasteiger partial charge in [0, 0.05) is 30.5 Å². The summed E-state index contributed by atoms with van der Waals surface area (Å²) in [6.45, 7) is 6.50. The molecule has 7 atom stereocenters. The molecule has 6 heteroatoms. The molecule has 2 aromatic rings. The molecule has 4 aliphatic rings. The Labute approximate surface area is 238 Å². The molecule has 0 spiro atoms. The van der Waals surface area contributed by atoms with Crippen molar-refractivity contribution in [2.24, 2.45) is 28.6 Å². The van der Waals surface area contributed by atoms with Crippen LogP contribution >= 0.6 is 0 Å². The number of pyridine rings is 1. The van der Waals surface area contributed by atoms with Gasteiger partial charge in [0.05, 0.1) is 7.11 Å². The lowest BCUT2D eigenvalue weighted by atomic mass is 9.47. The van der Waals surface area contributed by atoms with Crippen molar-refractivity contribution in [1.29, 1.82) is 5.26 Å². The number of allylic oxidation sites excluding steroid dienone is 1. The molecule has 1 aromatic carbocycles. The lowest BCUT2D eigenvalue weighted by molar-refractivity contribution is -0.148. The van der Waals surface area contributed by atoms with Gasteiger partial charge in [-0.05, 0) is 97.3 Å². The van der Waals surface area contributed by atoms with E-state index in [1.165, 1.54) is 31.8 Å². The molecular formula is C34H41N3O3. The van der Waals surface area contributed by atoms with Crippen LogP contribution in [0.4, 0.5) is 5.82 Å². The number of anilines is 1. The van der Waals surface area contributed by atoms with Crippen LogP contribution in [0, 0.1) is 39.9 Å². The number of nitrogens with two attached hydrogens (primary N) is 1. The molecule has 1 heterocycles. The highest BCUT2D eigenvalue weighted by Gasteiger charge is 2.59. The van der Waals surface area contributed by atoms with Crippen LogP contribution in [0.2, 0.25) is 0 Å². The number of carbonyl (C=O) groups excluding carboxylic acids is 1. The van der Waals surface area contributed by atoms with E-state index in [4.69, 9.17) is 20.2 Å². The van der Waals surface area contributed by atoms with E-state index in [2.05, 4.69) is 32.1 Å². The molecule has 6 rings (SSSR count). The van der Waals surface area contributed by atoms with Crippen molar-refractivity contribution >= 4 is 11.8 Å². The summed E-state index contributed by atoms with van der Waals surface area (Å²) >= 11 is 0. The number of rotatable bonds is 4. The summed E-state index contributed by atoms with van der Waals surface area (Å²) in [5, 5.41) is 9.96. The number of benzene rings is 1. The molecular weight excluding hydrogens is 498 g/mol. The largest absolute Gasteiger partial charge is 0.497 e. The number of hydrogen-bond acceptors (Lipinski definition) is 6. The average molecular weight is 540 g/mol. The minimum Gasteiger partial charge on any atom is -0.497 e. The molecule has 4 aliphatic carbocycles. The molecule has 0 radical (unpaired) electrons. The van der Waals surface area contributed by atoms with Crippen LogP contribution in [-0.2, 0) is 9.53 Å². The number of methoxy groups -OCH3 is 1. The molecule has 0 aliphatic heterocycles. The molecule has 0 saturated heterocycles. The Hall–Kier alpha value is -3.33. The van der Waals surface area contributed by atoms with Crippen LogP contribution in [-0.4, -0.2) is 24.2 Å². The Morgan fingerprint density at radius 1 is 1.12 bits per heavy atom. The third-order valence-electron chi connectivity index (χ3n) is 11.3. The van der Waals surface area contributed by atoms with Gasteiger partial charge < -0.3 is 15.2 Å². The summed E-state index contributed by atoms with van der Waals surface area (Å²) < 4.78 is 11.1. The van der Waals surface area contributed by atoms with Gasteiger partial charge in [0.2, 0.25) is 0 Å². The number of esters is 1. The molecule has 0 bridgehead atoms. The number of ether oxygens (including phenoxy) is 2. The van der Waals surface area contributed by atoms with E-state index >= 15 is 0 Å². The van der Waals surface area contributed by atoms with Crippen molar-refractivity contribution in [1.82, 2.24) is 4.98 Å². The van der Waals surface area contributed by atoms with E-state index in [1.54, 1.807) is 7.11 Å². The first-order chi connectivity index (χ1) is 19.2. The smallest absolute Gasteiger partial charge is 0.302 e. The summed E-state index contributed by atoms with van der Waals surface area (Å²) in [6.07, 6.45) is 11.3. The fourth-order valence-electron chi connectivity index (χ4n) is 9.35. The van der Waals surface area contributed by atoms with Crippen LogP contribution in [0.25, 0.3) is 11.1 Å². The fourth-order valence-corrected chi connectivity index (χ4v) is 9.35. The highest BCUT2D eigenvalue weighted by atomic mass is 16.5. The van der Waals surface area contributed by atoms with Crippen molar-refractivity contribution < 1.29 is 14.3 Å². The topological polar surface area (TPSA) is 98.2 Å². The predicted octanol–water partition coefficient (Wildman–Crippen LogP) is 7.19. The summed E-state index contributed by atoms with van der Waals surface area (Å²) in [5.74, 6) is 3.20. The summed E-state index contributed by atoms with van der Waals surface area (Å²) in [5.41, 5.74) is 11.6. The predicted molar refractivity (Wildman–Crippen MR) is 155 cm³/mol. The number of hydrogen-bond donors (Lipinski definition) is 1. The van der Waals surface area contributed by atoms with Crippen LogP contribution in [0.5, 0.6) is 5.75 Å². The maximum Gasteiger partial charge on any atom is 0.302 e. The standard InChI is InChI=1S/C34H41N3O3/c1-20(38)40-24-12-14-33(2)22(17-24)8-9-25-28-10-11-30(34(28,3)15-13-29(25)33)31-18-26(27(19-35)32(36)37-31)21-6-5-7-23(16-21)39-4/h5-8,16,18,24-25,28-30H,9-15,17H2,1-4H3,(H2,36,37)/t24-,25-,28-,29-,30+,33-,34-/m0/s1. The lowest BCUT2D eigenvalue weighted by Gasteiger charge is -2.58. The molecule has 6 nitrogen and oxygen atoms in total. The monoisotopic (exact) mass is 539 g/mol. The van der Waals surface area contributed by atoms with Crippen LogP contribution in [0.3, 0.4) is 0 Å². The normalized spacial score (nSPS) is 34.5. The van der Waals surface area contributed by atoms with Gasteiger partial charge in [-0.1, -0.05) is 37.6 Å². The number of aromatic nitrogens is 1. The van der Waals surface area contributed by atoms with Gasteiger partial charge in [0.25, 0.3) is 0 Å². The zero-order chi connectivity index (χ0) is 28.2. The van der Waals surface area contributed by atoms with Gasteiger partial charge in [0.15, 0.2) is 0 Å². The van der Waals surface area contributed by atoms with Crippen LogP contribution < -0.4 is 10.5 Å². The second-order valence-corrected chi connectivity index (χ2v) is 13.1. The molecule has 1 aromatic heterocycles. The zero-order valence-corrected chi connectivity index (χ0v) is 24.2. The second kappa shape index (κ2) is 9.94. The van der Waals surface area contributed by atoms with Gasteiger partial charge in [-0.25, -0.2) is 4.98 Å². The van der Waals surface area contributed by atoms with Crippen molar-refractivity contribution in [2.45, 2.75) is 84.2 Å². The number of nitrogen functional groups attached to an aromatic ring is 1. The molecule has 0 amide bonds. The van der Waals surface area contributed by atoms with Crippen molar-refractivity contribution in [2.75, 3.05) is 12.8 Å². The van der Waals surface area contributed by atoms with Gasteiger partial charge in [-0.2, -0.15) is 5.26 Å². The fraction of sp³-hybridized carbons (Fsp3) is 0.559. The third kappa shape index (κ3) is 4.21. The highest BCUT2D eigenvalue weighted by Crippen LogP contribution is 2.68. The van der Waals surface area contributed by atoms with E-state index < -0.39 is 0 Å². The van der Waals surface area contributed by atoms with Gasteiger partial charge >= 0.3 is 5.97 Å². The second-order valence-electron chi connectivity index (χ2n) is 13.1. The Morgan fingerprint density at radius 3 is 2.70 bits per heavy atom. The minimum absolute atomic E-state index is 0.0322. The summed E-state index contributed by atoms with van der Waals surface area (Å²) in [7, 11) is 1.65. The third-order valence-corrected chi connectivity index (χ3v) is 11.3. The molecule has 3 fully saturated rings. The number of carbonyl (C=O) groups is 1. The van der Waals surface area contributed by atoms with Gasteiger partial charge in [0.1, 0.15) is 29.3 Å². The van der Waals surface area contributed by atoms with Crippen molar-refractivity contribution in [3.8, 4) is 22.9 Å². The summed E-state index contributed by atoms with van der Waals surface area (Å²) in [6, 6.07) is 12.3. The number of nitrogens with zero attached hydrogens (tertiary/aromatic N) is 2. The number of fused-ring (bicyclic) bond motifs is 5. The molecule has 40 heavy (non-hydrogen) atoms. The van der Waals surface area contributed by atoms with E-state index in [9.17, 15) is 10.1 Å². The lowest BCUT2D eigenvalue weighted by Crippen LogP contribution is -2.50. The molecule has 210 valence electrons. The van der Waals surface area contributed by atoms with E-state index in [-0.39, 0.29) is 22.9 Å². The Balaban J connectivity index is 1.31. The van der Waals surface area contributed by atoms with Gasteiger partial charge in [-0.3, -0.25) is 4.79 Å². The Bertz CT molecular complexity index is 1410. The minimum atomic E-state index is -0.167. The van der Waals surface area contributed by atoms with Crippen LogP contribution in [0.1, 0.15) is 89.3 Å². The first-order valence-corrected chi connectivity index (χ1v) is 14.9. The molecule has 3 saturated carbocycles. The summed E-state index contributed by atoms with van der Waals surface area (Å²) in [4.78, 5) is 16.5. The maximum atomic E-state index is 11.6. The quantitative estimate of drug-likeness (QED) is 0.326. The van der Waals surface area contributed by atoms with E-state index in [1.807, 2.05) is 24.3 Å². The number of nitriles is 1. The average Bonchev–Trinajstić information content (AvgIpc) is 3.29. The van der Waals surface area contributed by atoms with E-state index in [0.29, 0.717) is 35.1 Å². The molecule has 0 unspecified atom stereocenters. The SMILES string of the molecule is COc1cccc(-c2cc([C@H]3CC[C@H]4[C@@H]5CC=C6C[C@@H](OC(C)=O)CC[C@]6(C)[C@H]5CC[C@]34C)nc(N)c2C#N)c1. The first kappa shape index (κ1) is 26.9.